The summed E-state index contributed by atoms with van der Waals surface area (Å²) in [5.41, 5.74) is 6.04. The lowest BCUT2D eigenvalue weighted by molar-refractivity contribution is 0.305. The van der Waals surface area contributed by atoms with Crippen LogP contribution in [0.5, 0.6) is 5.75 Å². The van der Waals surface area contributed by atoms with Gasteiger partial charge in [0.05, 0.1) is 11.9 Å². The molecule has 0 aromatic heterocycles. The lowest BCUT2D eigenvalue weighted by atomic mass is 10.2. The first-order valence-electron chi connectivity index (χ1n) is 7.62. The van der Waals surface area contributed by atoms with Gasteiger partial charge in [-0.15, -0.1) is 0 Å². The van der Waals surface area contributed by atoms with Crippen LogP contribution < -0.4 is 10.2 Å². The number of halogens is 1. The zero-order valence-corrected chi connectivity index (χ0v) is 14.6. The third kappa shape index (κ3) is 4.70. The topological polar surface area (TPSA) is 33.6 Å². The zero-order chi connectivity index (χ0) is 16.6. The van der Waals surface area contributed by atoms with Gasteiger partial charge in [-0.3, -0.25) is 5.43 Å². The summed E-state index contributed by atoms with van der Waals surface area (Å²) >= 11 is 3.53. The van der Waals surface area contributed by atoms with Crippen molar-refractivity contribution in [1.82, 2.24) is 0 Å². The fourth-order valence-electron chi connectivity index (χ4n) is 2.16. The standard InChI is InChI=1S/C20H17BrN2O/c21-20-12-5-4-8-17(20)15-24-19-11-6-7-16(13-19)14-22-23-18-9-2-1-3-10-18/h1-14,23H,15H2. The SMILES string of the molecule is Brc1ccccc1COc1cccc(C=NNc2ccccc2)c1. The van der Waals surface area contributed by atoms with Gasteiger partial charge in [-0.1, -0.05) is 64.5 Å². The van der Waals surface area contributed by atoms with Crippen LogP contribution in [-0.2, 0) is 6.61 Å². The van der Waals surface area contributed by atoms with Crippen molar-refractivity contribution in [2.24, 2.45) is 5.10 Å². The molecule has 0 aliphatic rings. The predicted octanol–water partition coefficient (Wildman–Crippen LogP) is 5.47. The van der Waals surface area contributed by atoms with Crippen LogP contribution in [0.1, 0.15) is 11.1 Å². The molecule has 0 fully saturated rings. The number of nitrogens with one attached hydrogen (secondary N) is 1. The van der Waals surface area contributed by atoms with Gasteiger partial charge in [-0.05, 0) is 35.9 Å². The van der Waals surface area contributed by atoms with Crippen molar-refractivity contribution in [1.29, 1.82) is 0 Å². The largest absolute Gasteiger partial charge is 0.489 e. The third-order valence-electron chi connectivity index (χ3n) is 3.39. The van der Waals surface area contributed by atoms with E-state index in [-0.39, 0.29) is 0 Å². The van der Waals surface area contributed by atoms with Gasteiger partial charge in [0, 0.05) is 10.0 Å². The van der Waals surface area contributed by atoms with Crippen LogP contribution in [-0.4, -0.2) is 6.21 Å². The number of hydrogen-bond donors (Lipinski definition) is 1. The van der Waals surface area contributed by atoms with Crippen LogP contribution in [0, 0.1) is 0 Å². The summed E-state index contributed by atoms with van der Waals surface area (Å²) in [6.07, 6.45) is 1.78. The number of para-hydroxylation sites is 1. The number of hydrogen-bond acceptors (Lipinski definition) is 3. The summed E-state index contributed by atoms with van der Waals surface area (Å²) in [6, 6.07) is 25.7. The Balaban J connectivity index is 1.60. The Kier molecular flexibility index (Phi) is 5.64. The van der Waals surface area contributed by atoms with Gasteiger partial charge in [0.1, 0.15) is 12.4 Å². The molecule has 0 spiro atoms. The summed E-state index contributed by atoms with van der Waals surface area (Å²) in [6.45, 7) is 0.518. The molecule has 3 nitrogen and oxygen atoms in total. The Hall–Kier alpha value is -2.59. The molecule has 4 heteroatoms. The number of benzene rings is 3. The molecule has 1 N–H and O–H groups in total. The molecule has 0 atom stereocenters. The highest BCUT2D eigenvalue weighted by Gasteiger charge is 2.00. The molecule has 120 valence electrons. The smallest absolute Gasteiger partial charge is 0.120 e. The molecule has 24 heavy (non-hydrogen) atoms. The average Bonchev–Trinajstić information content (AvgIpc) is 2.62. The first-order chi connectivity index (χ1) is 11.8. The first-order valence-corrected chi connectivity index (χ1v) is 8.41. The van der Waals surface area contributed by atoms with Crippen molar-refractivity contribution in [3.05, 3.63) is 94.5 Å². The van der Waals surface area contributed by atoms with E-state index in [1.807, 2.05) is 78.9 Å². The normalized spacial score (nSPS) is 10.7. The van der Waals surface area contributed by atoms with Crippen LogP contribution in [0.2, 0.25) is 0 Å². The molecule has 0 aliphatic heterocycles. The van der Waals surface area contributed by atoms with Gasteiger partial charge in [-0.25, -0.2) is 0 Å². The summed E-state index contributed by atoms with van der Waals surface area (Å²) in [4.78, 5) is 0. The maximum atomic E-state index is 5.87. The lowest BCUT2D eigenvalue weighted by Crippen LogP contribution is -1.97. The van der Waals surface area contributed by atoms with Crippen LogP contribution >= 0.6 is 15.9 Å². The molecule has 0 unspecified atom stereocenters. The minimum atomic E-state index is 0.518. The van der Waals surface area contributed by atoms with Gasteiger partial charge in [0.25, 0.3) is 0 Å². The first kappa shape index (κ1) is 16.3. The minimum Gasteiger partial charge on any atom is -0.489 e. The van der Waals surface area contributed by atoms with E-state index >= 15 is 0 Å². The monoisotopic (exact) mass is 380 g/mol. The van der Waals surface area contributed by atoms with Crippen LogP contribution in [0.3, 0.4) is 0 Å². The Bertz CT molecular complexity index is 819. The molecule has 0 radical (unpaired) electrons. The van der Waals surface area contributed by atoms with Gasteiger partial charge in [-0.2, -0.15) is 5.10 Å². The maximum Gasteiger partial charge on any atom is 0.120 e. The maximum absolute atomic E-state index is 5.87. The van der Waals surface area contributed by atoms with E-state index in [1.54, 1.807) is 6.21 Å². The van der Waals surface area contributed by atoms with E-state index in [9.17, 15) is 0 Å². The van der Waals surface area contributed by atoms with Crippen molar-refractivity contribution >= 4 is 27.8 Å². The van der Waals surface area contributed by atoms with Crippen LogP contribution in [0.4, 0.5) is 5.69 Å². The molecular formula is C20H17BrN2O. The van der Waals surface area contributed by atoms with E-state index in [0.29, 0.717) is 6.61 Å². The fraction of sp³-hybridized carbons (Fsp3) is 0.0500. The molecular weight excluding hydrogens is 364 g/mol. The highest BCUT2D eigenvalue weighted by molar-refractivity contribution is 9.10. The van der Waals surface area contributed by atoms with Crippen LogP contribution in [0.25, 0.3) is 0 Å². The second kappa shape index (κ2) is 8.31. The van der Waals surface area contributed by atoms with E-state index in [1.165, 1.54) is 0 Å². The predicted molar refractivity (Wildman–Crippen MR) is 103 cm³/mol. The molecule has 3 aromatic carbocycles. The van der Waals surface area contributed by atoms with Crippen molar-refractivity contribution in [2.75, 3.05) is 5.43 Å². The second-order valence-electron chi connectivity index (χ2n) is 5.19. The van der Waals surface area contributed by atoms with E-state index < -0.39 is 0 Å². The summed E-state index contributed by atoms with van der Waals surface area (Å²) in [7, 11) is 0. The molecule has 0 amide bonds. The Morgan fingerprint density at radius 1 is 0.917 bits per heavy atom. The Labute approximate surface area is 150 Å². The highest BCUT2D eigenvalue weighted by Crippen LogP contribution is 2.19. The highest BCUT2D eigenvalue weighted by atomic mass is 79.9. The van der Waals surface area contributed by atoms with Gasteiger partial charge < -0.3 is 4.74 Å². The summed E-state index contributed by atoms with van der Waals surface area (Å²) < 4.78 is 6.92. The molecule has 0 saturated heterocycles. The number of anilines is 1. The van der Waals surface area contributed by atoms with E-state index in [4.69, 9.17) is 4.74 Å². The lowest BCUT2D eigenvalue weighted by Gasteiger charge is -2.08. The Morgan fingerprint density at radius 3 is 2.54 bits per heavy atom. The average molecular weight is 381 g/mol. The number of rotatable bonds is 6. The third-order valence-corrected chi connectivity index (χ3v) is 4.16. The number of hydrazone groups is 1. The minimum absolute atomic E-state index is 0.518. The quantitative estimate of drug-likeness (QED) is 0.454. The van der Waals surface area contributed by atoms with Crippen molar-refractivity contribution in [2.45, 2.75) is 6.61 Å². The number of ether oxygens (including phenoxy) is 1. The Morgan fingerprint density at radius 2 is 1.71 bits per heavy atom. The van der Waals surface area contributed by atoms with Gasteiger partial charge in [0.15, 0.2) is 0 Å². The summed E-state index contributed by atoms with van der Waals surface area (Å²) in [5.74, 6) is 0.814. The van der Waals surface area contributed by atoms with Crippen LogP contribution in [0.15, 0.2) is 88.4 Å². The number of nitrogens with zero attached hydrogens (tertiary/aromatic N) is 1. The van der Waals surface area contributed by atoms with Gasteiger partial charge >= 0.3 is 0 Å². The van der Waals surface area contributed by atoms with Crippen molar-refractivity contribution in [3.63, 3.8) is 0 Å². The molecule has 0 aliphatic carbocycles. The fourth-order valence-corrected chi connectivity index (χ4v) is 2.55. The molecule has 3 rings (SSSR count). The van der Waals surface area contributed by atoms with E-state index in [0.717, 1.165) is 27.0 Å². The molecule has 0 saturated carbocycles. The summed E-state index contributed by atoms with van der Waals surface area (Å²) in [5, 5.41) is 4.25. The van der Waals surface area contributed by atoms with Crippen molar-refractivity contribution < 1.29 is 4.74 Å². The van der Waals surface area contributed by atoms with Crippen molar-refractivity contribution in [3.8, 4) is 5.75 Å². The molecule has 0 bridgehead atoms. The zero-order valence-electron chi connectivity index (χ0n) is 13.0. The molecule has 0 heterocycles. The van der Waals surface area contributed by atoms with E-state index in [2.05, 4.69) is 26.5 Å². The molecule has 3 aromatic rings. The second-order valence-corrected chi connectivity index (χ2v) is 6.04. The van der Waals surface area contributed by atoms with Gasteiger partial charge in [0.2, 0.25) is 0 Å².